The van der Waals surface area contributed by atoms with Gasteiger partial charge in [-0.05, 0) is 53.4 Å². The van der Waals surface area contributed by atoms with Crippen LogP contribution in [0.25, 0.3) is 0 Å². The lowest BCUT2D eigenvalue weighted by Gasteiger charge is -2.54. The van der Waals surface area contributed by atoms with Crippen molar-refractivity contribution in [2.75, 3.05) is 7.11 Å². The molecule has 3 heteroatoms. The molecule has 1 aliphatic heterocycles. The van der Waals surface area contributed by atoms with Crippen molar-refractivity contribution in [2.45, 2.75) is 95.9 Å². The minimum atomic E-state index is 0.0415. The van der Waals surface area contributed by atoms with E-state index in [1.807, 2.05) is 7.11 Å². The van der Waals surface area contributed by atoms with Gasteiger partial charge in [-0.25, -0.2) is 0 Å². The third-order valence-corrected chi connectivity index (χ3v) is 4.69. The summed E-state index contributed by atoms with van der Waals surface area (Å²) < 4.78 is 5.62. The molecule has 0 atom stereocenters. The van der Waals surface area contributed by atoms with Crippen molar-refractivity contribution in [1.82, 2.24) is 5.06 Å². The summed E-state index contributed by atoms with van der Waals surface area (Å²) in [5, 5.41) is 2.28. The van der Waals surface area contributed by atoms with Gasteiger partial charge in [0.1, 0.15) is 0 Å². The normalized spacial score (nSPS) is 29.5. The van der Waals surface area contributed by atoms with E-state index >= 15 is 0 Å². The number of hydrogen-bond donors (Lipinski definition) is 0. The highest BCUT2D eigenvalue weighted by atomic mass is 16.7. The SMILES string of the molecule is COC1CC(C)(C)N(OC2CCCCC2)C(C)(C)C1. The predicted octanol–water partition coefficient (Wildman–Crippen LogP) is 3.92. The number of methoxy groups -OCH3 is 1. The highest BCUT2D eigenvalue weighted by Crippen LogP contribution is 2.41. The minimum absolute atomic E-state index is 0.0415. The molecule has 0 bridgehead atoms. The van der Waals surface area contributed by atoms with Gasteiger partial charge in [0.05, 0.1) is 12.2 Å². The number of piperidine rings is 1. The van der Waals surface area contributed by atoms with Crippen LogP contribution in [0, 0.1) is 0 Å². The molecule has 0 amide bonds. The number of nitrogens with zero attached hydrogens (tertiary/aromatic N) is 1. The van der Waals surface area contributed by atoms with Crippen molar-refractivity contribution in [2.24, 2.45) is 0 Å². The largest absolute Gasteiger partial charge is 0.381 e. The van der Waals surface area contributed by atoms with Crippen LogP contribution in [-0.2, 0) is 9.57 Å². The molecule has 1 heterocycles. The summed E-state index contributed by atoms with van der Waals surface area (Å²) >= 11 is 0. The second kappa shape index (κ2) is 5.71. The van der Waals surface area contributed by atoms with Gasteiger partial charge in [0.25, 0.3) is 0 Å². The first kappa shape index (κ1) is 15.3. The number of ether oxygens (including phenoxy) is 1. The zero-order chi connectivity index (χ0) is 14.1. The molecule has 1 saturated heterocycles. The first-order chi connectivity index (χ1) is 8.85. The lowest BCUT2D eigenvalue weighted by Crippen LogP contribution is -2.62. The molecular formula is C16H31NO2. The van der Waals surface area contributed by atoms with E-state index in [4.69, 9.17) is 9.57 Å². The van der Waals surface area contributed by atoms with Gasteiger partial charge in [0.2, 0.25) is 0 Å². The molecule has 3 nitrogen and oxygen atoms in total. The predicted molar refractivity (Wildman–Crippen MR) is 78.0 cm³/mol. The monoisotopic (exact) mass is 269 g/mol. The van der Waals surface area contributed by atoms with Gasteiger partial charge >= 0.3 is 0 Å². The smallest absolute Gasteiger partial charge is 0.0793 e. The van der Waals surface area contributed by atoms with Gasteiger partial charge in [0.15, 0.2) is 0 Å². The first-order valence-corrected chi connectivity index (χ1v) is 7.85. The van der Waals surface area contributed by atoms with Crippen LogP contribution in [0.4, 0.5) is 0 Å². The van der Waals surface area contributed by atoms with Gasteiger partial charge in [-0.2, -0.15) is 5.06 Å². The van der Waals surface area contributed by atoms with Gasteiger partial charge in [0, 0.05) is 18.2 Å². The summed E-state index contributed by atoms with van der Waals surface area (Å²) in [6.45, 7) is 9.12. The van der Waals surface area contributed by atoms with Crippen LogP contribution in [0.3, 0.4) is 0 Å². The Morgan fingerprint density at radius 3 is 1.84 bits per heavy atom. The Labute approximate surface area is 118 Å². The summed E-state index contributed by atoms with van der Waals surface area (Å²) in [7, 11) is 1.83. The standard InChI is InChI=1S/C16H31NO2/c1-15(2)11-14(18-5)12-16(3,4)17(15)19-13-9-7-6-8-10-13/h13-14H,6-12H2,1-5H3. The van der Waals surface area contributed by atoms with E-state index in [-0.39, 0.29) is 11.1 Å². The van der Waals surface area contributed by atoms with Crippen LogP contribution in [0.2, 0.25) is 0 Å². The highest BCUT2D eigenvalue weighted by molar-refractivity contribution is 4.97. The zero-order valence-electron chi connectivity index (χ0n) is 13.4. The fourth-order valence-corrected chi connectivity index (χ4v) is 3.94. The van der Waals surface area contributed by atoms with Crippen molar-refractivity contribution in [3.63, 3.8) is 0 Å². The number of hydrogen-bond acceptors (Lipinski definition) is 3. The molecule has 0 aromatic heterocycles. The maximum Gasteiger partial charge on any atom is 0.0793 e. The van der Waals surface area contributed by atoms with Crippen molar-refractivity contribution >= 4 is 0 Å². The topological polar surface area (TPSA) is 21.7 Å². The van der Waals surface area contributed by atoms with E-state index in [1.54, 1.807) is 0 Å². The van der Waals surface area contributed by atoms with Crippen LogP contribution in [0.15, 0.2) is 0 Å². The summed E-state index contributed by atoms with van der Waals surface area (Å²) in [5.74, 6) is 0. The Kier molecular flexibility index (Phi) is 4.59. The van der Waals surface area contributed by atoms with Gasteiger partial charge < -0.3 is 4.74 Å². The molecule has 2 aliphatic rings. The molecule has 0 spiro atoms. The van der Waals surface area contributed by atoms with Gasteiger partial charge in [-0.15, -0.1) is 0 Å². The quantitative estimate of drug-likeness (QED) is 0.775. The lowest BCUT2D eigenvalue weighted by atomic mass is 9.80. The number of rotatable bonds is 3. The number of hydroxylamine groups is 2. The van der Waals surface area contributed by atoms with Crippen LogP contribution < -0.4 is 0 Å². The molecule has 0 aromatic carbocycles. The Balaban J connectivity index is 2.07. The van der Waals surface area contributed by atoms with Crippen LogP contribution >= 0.6 is 0 Å². The molecule has 2 fully saturated rings. The summed E-state index contributed by atoms with van der Waals surface area (Å²) in [6, 6.07) is 0. The molecule has 0 aromatic rings. The van der Waals surface area contributed by atoms with E-state index < -0.39 is 0 Å². The second-order valence-corrected chi connectivity index (χ2v) is 7.55. The van der Waals surface area contributed by atoms with E-state index in [0.717, 1.165) is 12.8 Å². The molecule has 0 N–H and O–H groups in total. The van der Waals surface area contributed by atoms with Gasteiger partial charge in [-0.1, -0.05) is 19.3 Å². The second-order valence-electron chi connectivity index (χ2n) is 7.55. The van der Waals surface area contributed by atoms with E-state index in [0.29, 0.717) is 12.2 Å². The molecule has 19 heavy (non-hydrogen) atoms. The Morgan fingerprint density at radius 1 is 0.842 bits per heavy atom. The van der Waals surface area contributed by atoms with E-state index in [1.165, 1.54) is 32.1 Å². The molecule has 112 valence electrons. The van der Waals surface area contributed by atoms with Crippen molar-refractivity contribution in [1.29, 1.82) is 0 Å². The third-order valence-electron chi connectivity index (χ3n) is 4.69. The average molecular weight is 269 g/mol. The maximum atomic E-state index is 6.43. The maximum absolute atomic E-state index is 6.43. The van der Waals surface area contributed by atoms with Crippen molar-refractivity contribution in [3.05, 3.63) is 0 Å². The molecule has 0 unspecified atom stereocenters. The van der Waals surface area contributed by atoms with E-state index in [9.17, 15) is 0 Å². The molecule has 2 rings (SSSR count). The molecule has 1 aliphatic carbocycles. The lowest BCUT2D eigenvalue weighted by molar-refractivity contribution is -0.318. The third kappa shape index (κ3) is 3.50. The Hall–Kier alpha value is -0.120. The van der Waals surface area contributed by atoms with Gasteiger partial charge in [-0.3, -0.25) is 4.84 Å². The summed E-state index contributed by atoms with van der Waals surface area (Å²) in [6.07, 6.45) is 9.30. The highest BCUT2D eigenvalue weighted by Gasteiger charge is 2.47. The molecule has 1 saturated carbocycles. The molecule has 0 radical (unpaired) electrons. The fraction of sp³-hybridized carbons (Fsp3) is 1.00. The van der Waals surface area contributed by atoms with E-state index in [2.05, 4.69) is 32.8 Å². The van der Waals surface area contributed by atoms with Crippen LogP contribution in [0.1, 0.15) is 72.6 Å². The van der Waals surface area contributed by atoms with Crippen LogP contribution in [0.5, 0.6) is 0 Å². The van der Waals surface area contributed by atoms with Crippen molar-refractivity contribution < 1.29 is 9.57 Å². The summed E-state index contributed by atoms with van der Waals surface area (Å²) in [4.78, 5) is 6.43. The Morgan fingerprint density at radius 2 is 1.37 bits per heavy atom. The summed E-state index contributed by atoms with van der Waals surface area (Å²) in [5.41, 5.74) is 0.0831. The molecular weight excluding hydrogens is 238 g/mol. The van der Waals surface area contributed by atoms with Crippen LogP contribution in [-0.4, -0.2) is 35.5 Å². The Bertz CT molecular complexity index is 277. The van der Waals surface area contributed by atoms with Crippen molar-refractivity contribution in [3.8, 4) is 0 Å². The zero-order valence-corrected chi connectivity index (χ0v) is 13.4. The fourth-order valence-electron chi connectivity index (χ4n) is 3.94. The first-order valence-electron chi connectivity index (χ1n) is 7.85. The average Bonchev–Trinajstić information content (AvgIpc) is 2.34. The minimum Gasteiger partial charge on any atom is -0.381 e.